The predicted octanol–water partition coefficient (Wildman–Crippen LogP) is 2.43. The van der Waals surface area contributed by atoms with E-state index < -0.39 is 29.9 Å². The molecule has 28 heavy (non-hydrogen) atoms. The SMILES string of the molecule is Cc1cc(/C=C(\C#N)C(=O)O[C@H](C(=O)NC(N)=O)C(C)C)c(C)n1CC(C)C. The van der Waals surface area contributed by atoms with Crippen LogP contribution in [0.5, 0.6) is 0 Å². The van der Waals surface area contributed by atoms with Crippen molar-refractivity contribution < 1.29 is 19.1 Å². The monoisotopic (exact) mass is 388 g/mol. The van der Waals surface area contributed by atoms with Gasteiger partial charge in [0.05, 0.1) is 0 Å². The Balaban J connectivity index is 3.13. The number of esters is 1. The van der Waals surface area contributed by atoms with Gasteiger partial charge in [0.2, 0.25) is 0 Å². The first kappa shape index (κ1) is 23.0. The number of nitrogens with one attached hydrogen (secondary N) is 1. The number of imide groups is 1. The van der Waals surface area contributed by atoms with Gasteiger partial charge in [0.25, 0.3) is 5.91 Å². The van der Waals surface area contributed by atoms with Gasteiger partial charge in [-0.1, -0.05) is 27.7 Å². The number of carbonyl (C=O) groups excluding carboxylic acids is 3. The van der Waals surface area contributed by atoms with Crippen LogP contribution in [-0.4, -0.2) is 28.6 Å². The minimum absolute atomic E-state index is 0.234. The summed E-state index contributed by atoms with van der Waals surface area (Å²) in [5.41, 5.74) is 7.38. The molecular weight excluding hydrogens is 360 g/mol. The van der Waals surface area contributed by atoms with Gasteiger partial charge in [-0.25, -0.2) is 9.59 Å². The zero-order valence-corrected chi connectivity index (χ0v) is 17.2. The van der Waals surface area contributed by atoms with Crippen molar-refractivity contribution in [3.05, 3.63) is 28.6 Å². The number of rotatable bonds is 7. The van der Waals surface area contributed by atoms with Crippen molar-refractivity contribution in [3.8, 4) is 6.07 Å². The highest BCUT2D eigenvalue weighted by Gasteiger charge is 2.29. The Bertz CT molecular complexity index is 828. The number of nitriles is 1. The molecule has 0 aromatic carbocycles. The van der Waals surface area contributed by atoms with Gasteiger partial charge in [0.15, 0.2) is 6.10 Å². The molecule has 1 aromatic heterocycles. The van der Waals surface area contributed by atoms with Crippen LogP contribution >= 0.6 is 0 Å². The number of nitrogens with two attached hydrogens (primary N) is 1. The molecule has 8 heteroatoms. The number of nitrogens with zero attached hydrogens (tertiary/aromatic N) is 2. The van der Waals surface area contributed by atoms with Gasteiger partial charge in [0.1, 0.15) is 11.6 Å². The van der Waals surface area contributed by atoms with Crippen molar-refractivity contribution in [1.82, 2.24) is 9.88 Å². The average molecular weight is 388 g/mol. The molecule has 0 aliphatic rings. The van der Waals surface area contributed by atoms with Crippen molar-refractivity contribution in [2.75, 3.05) is 0 Å². The quantitative estimate of drug-likeness (QED) is 0.421. The normalized spacial score (nSPS) is 12.6. The zero-order valence-electron chi connectivity index (χ0n) is 17.2. The van der Waals surface area contributed by atoms with E-state index in [-0.39, 0.29) is 5.57 Å². The molecule has 1 atom stereocenters. The van der Waals surface area contributed by atoms with E-state index in [4.69, 9.17) is 10.5 Å². The second kappa shape index (κ2) is 9.74. The van der Waals surface area contributed by atoms with E-state index in [9.17, 15) is 19.6 Å². The molecule has 0 spiro atoms. The van der Waals surface area contributed by atoms with Crippen molar-refractivity contribution in [3.63, 3.8) is 0 Å². The van der Waals surface area contributed by atoms with E-state index in [1.54, 1.807) is 13.8 Å². The highest BCUT2D eigenvalue weighted by Crippen LogP contribution is 2.20. The lowest BCUT2D eigenvalue weighted by atomic mass is 10.1. The van der Waals surface area contributed by atoms with Gasteiger partial charge in [0, 0.05) is 17.9 Å². The number of primary amides is 1. The Morgan fingerprint density at radius 3 is 2.36 bits per heavy atom. The number of aromatic nitrogens is 1. The summed E-state index contributed by atoms with van der Waals surface area (Å²) in [5, 5.41) is 11.3. The van der Waals surface area contributed by atoms with E-state index in [1.165, 1.54) is 6.08 Å². The smallest absolute Gasteiger partial charge is 0.349 e. The first-order chi connectivity index (χ1) is 13.0. The number of urea groups is 1. The summed E-state index contributed by atoms with van der Waals surface area (Å²) in [6.45, 7) is 12.2. The van der Waals surface area contributed by atoms with Crippen LogP contribution in [0.25, 0.3) is 6.08 Å². The highest BCUT2D eigenvalue weighted by atomic mass is 16.5. The Morgan fingerprint density at radius 1 is 1.29 bits per heavy atom. The molecule has 0 bridgehead atoms. The fraction of sp³-hybridized carbons (Fsp3) is 0.500. The fourth-order valence-electron chi connectivity index (χ4n) is 2.78. The van der Waals surface area contributed by atoms with Crippen molar-refractivity contribution in [1.29, 1.82) is 5.26 Å². The predicted molar refractivity (Wildman–Crippen MR) is 105 cm³/mol. The molecule has 8 nitrogen and oxygen atoms in total. The molecule has 1 aromatic rings. The van der Waals surface area contributed by atoms with Gasteiger partial charge in [-0.3, -0.25) is 10.1 Å². The number of aryl methyl sites for hydroxylation is 1. The van der Waals surface area contributed by atoms with Crippen molar-refractivity contribution in [2.24, 2.45) is 17.6 Å². The number of hydrogen-bond donors (Lipinski definition) is 2. The Morgan fingerprint density at radius 2 is 1.89 bits per heavy atom. The number of hydrogen-bond acceptors (Lipinski definition) is 5. The maximum atomic E-state index is 12.4. The minimum atomic E-state index is -1.25. The van der Waals surface area contributed by atoms with E-state index in [1.807, 2.05) is 31.3 Å². The van der Waals surface area contributed by atoms with E-state index >= 15 is 0 Å². The van der Waals surface area contributed by atoms with Crippen LogP contribution in [-0.2, 0) is 20.9 Å². The third-order valence-electron chi connectivity index (χ3n) is 4.15. The fourth-order valence-corrected chi connectivity index (χ4v) is 2.78. The average Bonchev–Trinajstić information content (AvgIpc) is 2.83. The molecule has 1 rings (SSSR count). The minimum Gasteiger partial charge on any atom is -0.448 e. The van der Waals surface area contributed by atoms with Gasteiger partial charge in [-0.05, 0) is 43.4 Å². The summed E-state index contributed by atoms with van der Waals surface area (Å²) in [7, 11) is 0. The van der Waals surface area contributed by atoms with Crippen LogP contribution in [0.1, 0.15) is 44.6 Å². The lowest BCUT2D eigenvalue weighted by Crippen LogP contribution is -2.45. The molecule has 1 heterocycles. The lowest BCUT2D eigenvalue weighted by Gasteiger charge is -2.19. The van der Waals surface area contributed by atoms with E-state index in [0.717, 1.165) is 23.5 Å². The lowest BCUT2D eigenvalue weighted by molar-refractivity contribution is -0.154. The molecule has 3 amide bonds. The van der Waals surface area contributed by atoms with Crippen molar-refractivity contribution in [2.45, 2.75) is 54.2 Å². The zero-order chi connectivity index (χ0) is 21.6. The molecule has 0 saturated heterocycles. The number of ether oxygens (including phenoxy) is 1. The van der Waals surface area contributed by atoms with Gasteiger partial charge in [-0.2, -0.15) is 5.26 Å². The highest BCUT2D eigenvalue weighted by molar-refractivity contribution is 6.01. The summed E-state index contributed by atoms with van der Waals surface area (Å²) < 4.78 is 7.30. The van der Waals surface area contributed by atoms with Crippen LogP contribution in [0.15, 0.2) is 11.6 Å². The molecule has 0 unspecified atom stereocenters. The Labute approximate surface area is 165 Å². The maximum Gasteiger partial charge on any atom is 0.349 e. The number of amides is 3. The first-order valence-electron chi connectivity index (χ1n) is 9.07. The topological polar surface area (TPSA) is 127 Å². The molecule has 152 valence electrons. The summed E-state index contributed by atoms with van der Waals surface area (Å²) in [5.74, 6) is -1.74. The molecule has 0 aliphatic carbocycles. The summed E-state index contributed by atoms with van der Waals surface area (Å²) in [4.78, 5) is 35.3. The summed E-state index contributed by atoms with van der Waals surface area (Å²) in [6.07, 6.45) is 0.204. The molecule has 0 saturated carbocycles. The molecule has 3 N–H and O–H groups in total. The summed E-state index contributed by atoms with van der Waals surface area (Å²) >= 11 is 0. The Hall–Kier alpha value is -3.08. The molecule has 0 radical (unpaired) electrons. The molecule has 0 aliphatic heterocycles. The van der Waals surface area contributed by atoms with Crippen molar-refractivity contribution >= 4 is 24.0 Å². The summed E-state index contributed by atoms with van der Waals surface area (Å²) in [6, 6.07) is 2.67. The van der Waals surface area contributed by atoms with E-state index in [0.29, 0.717) is 5.92 Å². The third-order valence-corrected chi connectivity index (χ3v) is 4.15. The third kappa shape index (κ3) is 5.98. The van der Waals surface area contributed by atoms with Crippen LogP contribution in [0, 0.1) is 37.0 Å². The standard InChI is InChI=1S/C20H28N4O4/c1-11(2)10-24-13(5)7-15(14(24)6)8-16(9-21)19(26)28-17(12(3)4)18(25)23-20(22)27/h7-8,11-12,17H,10H2,1-6H3,(H3,22,23,25,27)/b16-8+/t17-/m0/s1. The van der Waals surface area contributed by atoms with Crippen LogP contribution < -0.4 is 11.1 Å². The second-order valence-electron chi connectivity index (χ2n) is 7.42. The van der Waals surface area contributed by atoms with Crippen LogP contribution in [0.3, 0.4) is 0 Å². The first-order valence-corrected chi connectivity index (χ1v) is 9.07. The van der Waals surface area contributed by atoms with Gasteiger partial charge < -0.3 is 15.0 Å². The van der Waals surface area contributed by atoms with Crippen LogP contribution in [0.4, 0.5) is 4.79 Å². The number of carbonyl (C=O) groups is 3. The maximum absolute atomic E-state index is 12.4. The second-order valence-corrected chi connectivity index (χ2v) is 7.42. The van der Waals surface area contributed by atoms with Crippen LogP contribution in [0.2, 0.25) is 0 Å². The van der Waals surface area contributed by atoms with Gasteiger partial charge >= 0.3 is 12.0 Å². The largest absolute Gasteiger partial charge is 0.448 e. The van der Waals surface area contributed by atoms with Gasteiger partial charge in [-0.15, -0.1) is 0 Å². The molecular formula is C20H28N4O4. The van der Waals surface area contributed by atoms with E-state index in [2.05, 4.69) is 18.4 Å². The Kier molecular flexibility index (Phi) is 7.99. The molecule has 0 fully saturated rings.